The number of rotatable bonds is 6. The van der Waals surface area contributed by atoms with Crippen molar-refractivity contribution in [2.75, 3.05) is 24.7 Å². The quantitative estimate of drug-likeness (QED) is 0.621. The number of hydrogen-bond acceptors (Lipinski definition) is 4. The van der Waals surface area contributed by atoms with Gasteiger partial charge in [0.15, 0.2) is 0 Å². The molecule has 0 spiro atoms. The lowest BCUT2D eigenvalue weighted by atomic mass is 9.78. The lowest BCUT2D eigenvalue weighted by Crippen LogP contribution is -2.36. The summed E-state index contributed by atoms with van der Waals surface area (Å²) in [6, 6.07) is 15.0. The Kier molecular flexibility index (Phi) is 4.94. The Morgan fingerprint density at radius 2 is 1.25 bits per heavy atom. The molecule has 0 aromatic heterocycles. The maximum Gasteiger partial charge on any atom is 0.119 e. The predicted octanol–water partition coefficient (Wildman–Crippen LogP) is 4.04. The zero-order valence-electron chi connectivity index (χ0n) is 13.8. The van der Waals surface area contributed by atoms with Gasteiger partial charge in [-0.25, -0.2) is 0 Å². The molecule has 4 heteroatoms. The molecule has 0 saturated heterocycles. The second kappa shape index (κ2) is 7.30. The van der Waals surface area contributed by atoms with Crippen molar-refractivity contribution in [2.24, 2.45) is 5.41 Å². The molecule has 4 nitrogen and oxygen atoms in total. The van der Waals surface area contributed by atoms with E-state index in [0.717, 1.165) is 42.1 Å². The summed E-state index contributed by atoms with van der Waals surface area (Å²) in [5, 5.41) is 0. The third-order valence-electron chi connectivity index (χ3n) is 4.41. The minimum atomic E-state index is -0.0163. The van der Waals surface area contributed by atoms with Gasteiger partial charge in [0, 0.05) is 16.8 Å². The maximum atomic E-state index is 6.02. The van der Waals surface area contributed by atoms with E-state index in [0.29, 0.717) is 13.2 Å². The van der Waals surface area contributed by atoms with Gasteiger partial charge in [-0.1, -0.05) is 12.2 Å². The van der Waals surface area contributed by atoms with E-state index in [-0.39, 0.29) is 5.41 Å². The molecule has 4 N–H and O–H groups in total. The topological polar surface area (TPSA) is 70.5 Å². The zero-order chi connectivity index (χ0) is 16.8. The molecular weight excluding hydrogens is 300 g/mol. The van der Waals surface area contributed by atoms with E-state index >= 15 is 0 Å². The van der Waals surface area contributed by atoms with Gasteiger partial charge in [0.1, 0.15) is 11.5 Å². The molecule has 0 atom stereocenters. The molecule has 2 aromatic carbocycles. The van der Waals surface area contributed by atoms with Gasteiger partial charge < -0.3 is 20.9 Å². The molecule has 3 rings (SSSR count). The van der Waals surface area contributed by atoms with Gasteiger partial charge in [0.05, 0.1) is 13.2 Å². The largest absolute Gasteiger partial charge is 0.493 e. The third-order valence-corrected chi connectivity index (χ3v) is 4.41. The van der Waals surface area contributed by atoms with Crippen LogP contribution in [0, 0.1) is 5.41 Å². The summed E-state index contributed by atoms with van der Waals surface area (Å²) >= 11 is 0. The minimum absolute atomic E-state index is 0.0163. The van der Waals surface area contributed by atoms with Gasteiger partial charge in [-0.05, 0) is 67.8 Å². The van der Waals surface area contributed by atoms with Gasteiger partial charge in [-0.2, -0.15) is 0 Å². The van der Waals surface area contributed by atoms with Crippen LogP contribution in [0.3, 0.4) is 0 Å². The first-order valence-corrected chi connectivity index (χ1v) is 8.27. The average molecular weight is 324 g/mol. The van der Waals surface area contributed by atoms with Crippen LogP contribution in [-0.2, 0) is 0 Å². The SMILES string of the molecule is Nc1ccc(OCC2(COc3ccc(N)cc3)CC=CCC2)cc1. The Bertz CT molecular complexity index is 628. The standard InChI is InChI=1S/C20H24N2O2/c21-16-4-8-18(9-5-16)23-14-20(12-2-1-3-13-20)15-24-19-10-6-17(22)7-11-19/h1-2,4-11H,3,12-15,21-22H2. The van der Waals surface area contributed by atoms with Gasteiger partial charge in [0.25, 0.3) is 0 Å². The van der Waals surface area contributed by atoms with E-state index in [4.69, 9.17) is 20.9 Å². The van der Waals surface area contributed by atoms with E-state index in [1.54, 1.807) is 0 Å². The average Bonchev–Trinajstić information content (AvgIpc) is 2.62. The number of allylic oxidation sites excluding steroid dienone is 2. The van der Waals surface area contributed by atoms with E-state index in [9.17, 15) is 0 Å². The first-order valence-electron chi connectivity index (χ1n) is 8.27. The van der Waals surface area contributed by atoms with Crippen molar-refractivity contribution in [3.63, 3.8) is 0 Å². The van der Waals surface area contributed by atoms with E-state index < -0.39 is 0 Å². The number of ether oxygens (including phenoxy) is 2. The molecular formula is C20H24N2O2. The highest BCUT2D eigenvalue weighted by atomic mass is 16.5. The smallest absolute Gasteiger partial charge is 0.119 e. The van der Waals surface area contributed by atoms with Crippen molar-refractivity contribution < 1.29 is 9.47 Å². The number of anilines is 2. The fourth-order valence-corrected chi connectivity index (χ4v) is 2.85. The highest BCUT2D eigenvalue weighted by Crippen LogP contribution is 2.34. The summed E-state index contributed by atoms with van der Waals surface area (Å²) in [6.07, 6.45) is 7.51. The summed E-state index contributed by atoms with van der Waals surface area (Å²) in [5.41, 5.74) is 12.9. The second-order valence-corrected chi connectivity index (χ2v) is 6.43. The normalized spacial score (nSPS) is 15.8. The molecule has 0 saturated carbocycles. The Morgan fingerprint density at radius 3 is 1.67 bits per heavy atom. The second-order valence-electron chi connectivity index (χ2n) is 6.43. The summed E-state index contributed by atoms with van der Waals surface area (Å²) in [5.74, 6) is 1.68. The molecule has 0 aliphatic heterocycles. The van der Waals surface area contributed by atoms with Crippen LogP contribution < -0.4 is 20.9 Å². The first kappa shape index (κ1) is 16.2. The van der Waals surface area contributed by atoms with Crippen molar-refractivity contribution in [2.45, 2.75) is 19.3 Å². The highest BCUT2D eigenvalue weighted by Gasteiger charge is 2.32. The van der Waals surface area contributed by atoms with Crippen LogP contribution in [0.4, 0.5) is 11.4 Å². The van der Waals surface area contributed by atoms with E-state index in [1.165, 1.54) is 0 Å². The molecule has 0 unspecified atom stereocenters. The molecule has 24 heavy (non-hydrogen) atoms. The molecule has 0 radical (unpaired) electrons. The van der Waals surface area contributed by atoms with Crippen molar-refractivity contribution in [3.8, 4) is 11.5 Å². The van der Waals surface area contributed by atoms with Gasteiger partial charge in [-0.3, -0.25) is 0 Å². The Morgan fingerprint density at radius 1 is 0.750 bits per heavy atom. The van der Waals surface area contributed by atoms with Crippen LogP contribution in [0.25, 0.3) is 0 Å². The van der Waals surface area contributed by atoms with Gasteiger partial charge in [0.2, 0.25) is 0 Å². The van der Waals surface area contributed by atoms with Crippen LogP contribution in [0.2, 0.25) is 0 Å². The summed E-state index contributed by atoms with van der Waals surface area (Å²) in [6.45, 7) is 1.24. The fourth-order valence-electron chi connectivity index (χ4n) is 2.85. The summed E-state index contributed by atoms with van der Waals surface area (Å²) in [7, 11) is 0. The minimum Gasteiger partial charge on any atom is -0.493 e. The Hall–Kier alpha value is -2.62. The lowest BCUT2D eigenvalue weighted by molar-refractivity contribution is 0.0695. The monoisotopic (exact) mass is 324 g/mol. The third kappa shape index (κ3) is 4.22. The van der Waals surface area contributed by atoms with E-state index in [2.05, 4.69) is 12.2 Å². The lowest BCUT2D eigenvalue weighted by Gasteiger charge is -2.34. The molecule has 126 valence electrons. The van der Waals surface area contributed by atoms with Crippen molar-refractivity contribution in [1.82, 2.24) is 0 Å². The predicted molar refractivity (Wildman–Crippen MR) is 98.1 cm³/mol. The number of nitrogen functional groups attached to an aromatic ring is 2. The summed E-state index contributed by atoms with van der Waals surface area (Å²) in [4.78, 5) is 0. The molecule has 0 fully saturated rings. The van der Waals surface area contributed by atoms with Crippen LogP contribution in [0.15, 0.2) is 60.7 Å². The van der Waals surface area contributed by atoms with Crippen molar-refractivity contribution in [3.05, 3.63) is 60.7 Å². The van der Waals surface area contributed by atoms with Crippen molar-refractivity contribution in [1.29, 1.82) is 0 Å². The zero-order valence-corrected chi connectivity index (χ0v) is 13.8. The molecule has 2 aromatic rings. The van der Waals surface area contributed by atoms with Crippen molar-refractivity contribution >= 4 is 11.4 Å². The highest BCUT2D eigenvalue weighted by molar-refractivity contribution is 5.42. The molecule has 0 amide bonds. The number of benzene rings is 2. The number of nitrogens with two attached hydrogens (primary N) is 2. The molecule has 1 aliphatic rings. The fraction of sp³-hybridized carbons (Fsp3) is 0.300. The van der Waals surface area contributed by atoms with Gasteiger partial charge >= 0.3 is 0 Å². The number of hydrogen-bond donors (Lipinski definition) is 2. The Labute approximate surface area is 143 Å². The van der Waals surface area contributed by atoms with Crippen LogP contribution in [0.1, 0.15) is 19.3 Å². The molecule has 1 aliphatic carbocycles. The van der Waals surface area contributed by atoms with Crippen LogP contribution >= 0.6 is 0 Å². The van der Waals surface area contributed by atoms with Crippen LogP contribution in [0.5, 0.6) is 11.5 Å². The molecule has 0 heterocycles. The van der Waals surface area contributed by atoms with Crippen LogP contribution in [-0.4, -0.2) is 13.2 Å². The summed E-state index contributed by atoms with van der Waals surface area (Å²) < 4.78 is 12.0. The van der Waals surface area contributed by atoms with Gasteiger partial charge in [-0.15, -0.1) is 0 Å². The Balaban J connectivity index is 1.64. The maximum absolute atomic E-state index is 6.02. The van der Waals surface area contributed by atoms with E-state index in [1.807, 2.05) is 48.5 Å². The first-order chi connectivity index (χ1) is 11.7. The molecule has 0 bridgehead atoms.